The molecule has 0 aliphatic rings. The fraction of sp³-hybridized carbons (Fsp3) is 0.238. The van der Waals surface area contributed by atoms with Crippen molar-refractivity contribution in [2.75, 3.05) is 11.9 Å². The normalized spacial score (nSPS) is 10.6. The van der Waals surface area contributed by atoms with Gasteiger partial charge in [-0.25, -0.2) is 4.98 Å². The average molecular weight is 400 g/mol. The van der Waals surface area contributed by atoms with Gasteiger partial charge in [0, 0.05) is 17.3 Å². The number of nitrogens with one attached hydrogen (secondary N) is 2. The summed E-state index contributed by atoms with van der Waals surface area (Å²) in [5.74, 6) is -0.0872. The molecule has 0 spiro atoms. The summed E-state index contributed by atoms with van der Waals surface area (Å²) in [6, 6.07) is 15.8. The first-order chi connectivity index (χ1) is 13.1. The Morgan fingerprint density at radius 3 is 2.63 bits per heavy atom. The minimum atomic E-state index is -0.0872. The summed E-state index contributed by atoms with van der Waals surface area (Å²) in [4.78, 5) is 17.7. The Morgan fingerprint density at radius 2 is 1.89 bits per heavy atom. The molecule has 1 amide bonds. The maximum absolute atomic E-state index is 12.5. The van der Waals surface area contributed by atoms with Crippen LogP contribution in [0.15, 0.2) is 48.5 Å². The molecule has 6 heteroatoms. The van der Waals surface area contributed by atoms with E-state index in [1.165, 1.54) is 16.9 Å². The van der Waals surface area contributed by atoms with Crippen LogP contribution in [0, 0.1) is 6.92 Å². The molecule has 0 aliphatic carbocycles. The molecule has 27 heavy (non-hydrogen) atoms. The molecule has 2 N–H and O–H groups in total. The van der Waals surface area contributed by atoms with Crippen LogP contribution in [-0.4, -0.2) is 17.4 Å². The first-order valence-corrected chi connectivity index (χ1v) is 10.1. The third kappa shape index (κ3) is 5.08. The summed E-state index contributed by atoms with van der Waals surface area (Å²) in [5.41, 5.74) is 4.13. The van der Waals surface area contributed by atoms with Crippen LogP contribution in [0.2, 0.25) is 5.02 Å². The van der Waals surface area contributed by atoms with Crippen LogP contribution >= 0.6 is 22.9 Å². The lowest BCUT2D eigenvalue weighted by atomic mass is 10.1. The number of benzene rings is 2. The lowest BCUT2D eigenvalue weighted by Gasteiger charge is -2.07. The molecule has 0 aliphatic heterocycles. The average Bonchev–Trinajstić information content (AvgIpc) is 3.04. The van der Waals surface area contributed by atoms with Crippen molar-refractivity contribution in [2.45, 2.75) is 26.7 Å². The molecule has 0 radical (unpaired) electrons. The minimum Gasteiger partial charge on any atom is -0.351 e. The molecule has 0 saturated carbocycles. The molecule has 140 valence electrons. The van der Waals surface area contributed by atoms with Crippen LogP contribution in [0.4, 0.5) is 10.8 Å². The topological polar surface area (TPSA) is 54.0 Å². The first kappa shape index (κ1) is 19.4. The van der Waals surface area contributed by atoms with Crippen molar-refractivity contribution >= 4 is 39.7 Å². The van der Waals surface area contributed by atoms with E-state index in [0.29, 0.717) is 16.4 Å². The number of hydrogen-bond donors (Lipinski definition) is 2. The van der Waals surface area contributed by atoms with Gasteiger partial charge in [0.05, 0.1) is 5.69 Å². The third-order valence-electron chi connectivity index (χ3n) is 4.26. The molecule has 0 bridgehead atoms. The summed E-state index contributed by atoms with van der Waals surface area (Å²) in [7, 11) is 0. The minimum absolute atomic E-state index is 0.0872. The quantitative estimate of drug-likeness (QED) is 0.560. The van der Waals surface area contributed by atoms with Gasteiger partial charge in [-0.1, -0.05) is 60.2 Å². The maximum Gasteiger partial charge on any atom is 0.263 e. The zero-order valence-electron chi connectivity index (χ0n) is 15.4. The largest absolute Gasteiger partial charge is 0.351 e. The lowest BCUT2D eigenvalue weighted by molar-refractivity contribution is 0.0957. The van der Waals surface area contributed by atoms with Crippen LogP contribution in [0.3, 0.4) is 0 Å². The number of carbonyl (C=O) groups excluding carboxylic acids is 1. The van der Waals surface area contributed by atoms with E-state index in [0.717, 1.165) is 34.9 Å². The zero-order chi connectivity index (χ0) is 19.2. The Kier molecular flexibility index (Phi) is 6.48. The van der Waals surface area contributed by atoms with Gasteiger partial charge in [0.2, 0.25) is 0 Å². The van der Waals surface area contributed by atoms with Crippen molar-refractivity contribution < 1.29 is 4.79 Å². The number of rotatable bonds is 7. The molecule has 0 atom stereocenters. The van der Waals surface area contributed by atoms with E-state index in [4.69, 9.17) is 11.6 Å². The molecule has 3 rings (SSSR count). The van der Waals surface area contributed by atoms with E-state index in [1.54, 1.807) is 0 Å². The second-order valence-electron chi connectivity index (χ2n) is 6.20. The fourth-order valence-electron chi connectivity index (χ4n) is 2.78. The molecule has 3 aromatic rings. The second kappa shape index (κ2) is 9.02. The van der Waals surface area contributed by atoms with Gasteiger partial charge in [-0.05, 0) is 49.1 Å². The maximum atomic E-state index is 12.5. The van der Waals surface area contributed by atoms with Crippen molar-refractivity contribution in [3.63, 3.8) is 0 Å². The van der Waals surface area contributed by atoms with Crippen molar-refractivity contribution in [3.8, 4) is 0 Å². The Hall–Kier alpha value is -2.37. The number of hydrogen-bond acceptors (Lipinski definition) is 4. The van der Waals surface area contributed by atoms with Gasteiger partial charge in [0.15, 0.2) is 5.13 Å². The highest BCUT2D eigenvalue weighted by Crippen LogP contribution is 2.27. The van der Waals surface area contributed by atoms with E-state index in [-0.39, 0.29) is 5.91 Å². The highest BCUT2D eigenvalue weighted by Gasteiger charge is 2.15. The summed E-state index contributed by atoms with van der Waals surface area (Å²) in [6.45, 7) is 4.55. The molecule has 4 nitrogen and oxygen atoms in total. The third-order valence-corrected chi connectivity index (χ3v) is 5.58. The number of nitrogens with zero attached hydrogens (tertiary/aromatic N) is 1. The standard InChI is InChI=1S/C21H22ClN3OS/c1-3-16-6-4-5-7-18(16)25-21-24-14(2)19(27-21)20(26)23-13-12-15-8-10-17(22)11-9-15/h4-11H,3,12-13H2,1-2H3,(H,23,26)(H,24,25). The monoisotopic (exact) mass is 399 g/mol. The molecular weight excluding hydrogens is 378 g/mol. The molecule has 0 unspecified atom stereocenters. The SMILES string of the molecule is CCc1ccccc1Nc1nc(C)c(C(=O)NCCc2ccc(Cl)cc2)s1. The Labute approximate surface area is 168 Å². The number of carbonyl (C=O) groups is 1. The van der Waals surface area contributed by atoms with E-state index in [9.17, 15) is 4.79 Å². The number of aryl methyl sites for hydroxylation is 2. The number of anilines is 2. The van der Waals surface area contributed by atoms with E-state index in [1.807, 2.05) is 49.4 Å². The van der Waals surface area contributed by atoms with Gasteiger partial charge in [0.1, 0.15) is 4.88 Å². The van der Waals surface area contributed by atoms with Crippen molar-refractivity contribution in [1.29, 1.82) is 0 Å². The number of thiazole rings is 1. The second-order valence-corrected chi connectivity index (χ2v) is 7.64. The van der Waals surface area contributed by atoms with Crippen LogP contribution in [0.5, 0.6) is 0 Å². The Balaban J connectivity index is 1.61. The number of halogens is 1. The summed E-state index contributed by atoms with van der Waals surface area (Å²) in [6.07, 6.45) is 1.70. The van der Waals surface area contributed by atoms with E-state index < -0.39 is 0 Å². The fourth-order valence-corrected chi connectivity index (χ4v) is 3.80. The van der Waals surface area contributed by atoms with Crippen LogP contribution < -0.4 is 10.6 Å². The van der Waals surface area contributed by atoms with Crippen LogP contribution in [0.25, 0.3) is 0 Å². The van der Waals surface area contributed by atoms with Gasteiger partial charge >= 0.3 is 0 Å². The Morgan fingerprint density at radius 1 is 1.15 bits per heavy atom. The predicted octanol–water partition coefficient (Wildman–Crippen LogP) is 5.38. The van der Waals surface area contributed by atoms with E-state index >= 15 is 0 Å². The summed E-state index contributed by atoms with van der Waals surface area (Å²) in [5, 5.41) is 7.76. The lowest BCUT2D eigenvalue weighted by Crippen LogP contribution is -2.25. The first-order valence-electron chi connectivity index (χ1n) is 8.92. The van der Waals surface area contributed by atoms with Gasteiger partial charge in [0.25, 0.3) is 5.91 Å². The summed E-state index contributed by atoms with van der Waals surface area (Å²) < 4.78 is 0. The van der Waals surface area contributed by atoms with Gasteiger partial charge in [-0.2, -0.15) is 0 Å². The van der Waals surface area contributed by atoms with Crippen LogP contribution in [0.1, 0.15) is 33.4 Å². The molecule has 0 saturated heterocycles. The summed E-state index contributed by atoms with van der Waals surface area (Å²) >= 11 is 7.27. The molecule has 0 fully saturated rings. The van der Waals surface area contributed by atoms with Crippen molar-refractivity contribution in [1.82, 2.24) is 10.3 Å². The van der Waals surface area contributed by atoms with E-state index in [2.05, 4.69) is 28.6 Å². The highest BCUT2D eigenvalue weighted by molar-refractivity contribution is 7.17. The number of aromatic nitrogens is 1. The predicted molar refractivity (Wildman–Crippen MR) is 113 cm³/mol. The highest BCUT2D eigenvalue weighted by atomic mass is 35.5. The van der Waals surface area contributed by atoms with Gasteiger partial charge in [-0.3, -0.25) is 4.79 Å². The zero-order valence-corrected chi connectivity index (χ0v) is 17.0. The Bertz CT molecular complexity index is 921. The number of amides is 1. The molecule has 1 heterocycles. The smallest absolute Gasteiger partial charge is 0.263 e. The van der Waals surface area contributed by atoms with Gasteiger partial charge < -0.3 is 10.6 Å². The van der Waals surface area contributed by atoms with Crippen LogP contribution in [-0.2, 0) is 12.8 Å². The van der Waals surface area contributed by atoms with Crippen molar-refractivity contribution in [2.24, 2.45) is 0 Å². The molecule has 2 aromatic carbocycles. The molecular formula is C21H22ClN3OS. The molecule has 1 aromatic heterocycles. The number of para-hydroxylation sites is 1. The van der Waals surface area contributed by atoms with Gasteiger partial charge in [-0.15, -0.1) is 0 Å². The van der Waals surface area contributed by atoms with Crippen molar-refractivity contribution in [3.05, 3.63) is 75.3 Å².